The Labute approximate surface area is 120 Å². The molecule has 5 nitrogen and oxygen atoms in total. The van der Waals surface area contributed by atoms with E-state index in [0.29, 0.717) is 18.7 Å². The number of hydrogen-bond donors (Lipinski definition) is 2. The van der Waals surface area contributed by atoms with Gasteiger partial charge in [-0.1, -0.05) is 16.8 Å². The number of hydrogen-bond acceptors (Lipinski definition) is 3. The van der Waals surface area contributed by atoms with Gasteiger partial charge >= 0.3 is 0 Å². The lowest BCUT2D eigenvalue weighted by Gasteiger charge is -2.32. The molecule has 1 heterocycles. The Bertz CT molecular complexity index is 550. The largest absolute Gasteiger partial charge is 0.409 e. The number of rotatable bonds is 2. The highest BCUT2D eigenvalue weighted by Crippen LogP contribution is 2.21. The Kier molecular flexibility index (Phi) is 4.44. The second-order valence-corrected chi connectivity index (χ2v) is 5.15. The molecule has 0 saturated carbocycles. The van der Waals surface area contributed by atoms with Crippen LogP contribution in [0.4, 0.5) is 4.39 Å². The van der Waals surface area contributed by atoms with Crippen molar-refractivity contribution in [3.8, 4) is 0 Å². The van der Waals surface area contributed by atoms with Crippen LogP contribution < -0.4 is 5.73 Å². The summed E-state index contributed by atoms with van der Waals surface area (Å²) in [7, 11) is 0. The fourth-order valence-corrected chi connectivity index (χ4v) is 2.48. The van der Waals surface area contributed by atoms with E-state index in [0.717, 1.165) is 12.8 Å². The number of nitrogens with two attached hydrogens (primary N) is 1. The van der Waals surface area contributed by atoms with Gasteiger partial charge in [0.25, 0.3) is 5.91 Å². The Morgan fingerprint density at radius 1 is 1.55 bits per heavy atom. The standard InChI is InChI=1S/C13H15ClFN3O2/c14-10-6-8(3-4-11(10)15)13(19)18-5-1-2-9(7-18)12(16)17-20/h3-4,6,9,20H,1-2,5,7H2,(H2,16,17). The highest BCUT2D eigenvalue weighted by atomic mass is 35.5. The summed E-state index contributed by atoms with van der Waals surface area (Å²) in [5, 5.41) is 11.6. The summed E-state index contributed by atoms with van der Waals surface area (Å²) in [5.41, 5.74) is 5.91. The number of oxime groups is 1. The zero-order valence-electron chi connectivity index (χ0n) is 10.7. The van der Waals surface area contributed by atoms with E-state index < -0.39 is 5.82 Å². The molecule has 0 spiro atoms. The van der Waals surface area contributed by atoms with Gasteiger partial charge in [0.15, 0.2) is 0 Å². The van der Waals surface area contributed by atoms with Crippen LogP contribution in [0.5, 0.6) is 0 Å². The van der Waals surface area contributed by atoms with Gasteiger partial charge in [0.1, 0.15) is 11.7 Å². The number of benzene rings is 1. The topological polar surface area (TPSA) is 78.9 Å². The third-order valence-corrected chi connectivity index (χ3v) is 3.70. The third-order valence-electron chi connectivity index (χ3n) is 3.41. The van der Waals surface area contributed by atoms with Gasteiger partial charge in [-0.3, -0.25) is 4.79 Å². The molecule has 1 amide bonds. The molecular formula is C13H15ClFN3O2. The fraction of sp³-hybridized carbons (Fsp3) is 0.385. The number of amides is 1. The molecule has 7 heteroatoms. The van der Waals surface area contributed by atoms with E-state index in [4.69, 9.17) is 22.5 Å². The minimum absolute atomic E-state index is 0.0826. The number of piperidine rings is 1. The first-order chi connectivity index (χ1) is 9.52. The molecule has 1 aliphatic heterocycles. The fourth-order valence-electron chi connectivity index (χ4n) is 2.30. The highest BCUT2D eigenvalue weighted by molar-refractivity contribution is 6.31. The Morgan fingerprint density at radius 3 is 2.95 bits per heavy atom. The van der Waals surface area contributed by atoms with Gasteiger partial charge in [0, 0.05) is 24.6 Å². The van der Waals surface area contributed by atoms with E-state index in [2.05, 4.69) is 5.16 Å². The summed E-state index contributed by atoms with van der Waals surface area (Å²) >= 11 is 5.68. The van der Waals surface area contributed by atoms with Crippen molar-refractivity contribution in [1.29, 1.82) is 0 Å². The molecule has 1 fully saturated rings. The molecule has 2 rings (SSSR count). The van der Waals surface area contributed by atoms with E-state index in [1.807, 2.05) is 0 Å². The summed E-state index contributed by atoms with van der Waals surface area (Å²) in [6.07, 6.45) is 1.53. The molecule has 20 heavy (non-hydrogen) atoms. The summed E-state index contributed by atoms with van der Waals surface area (Å²) in [4.78, 5) is 13.9. The highest BCUT2D eigenvalue weighted by Gasteiger charge is 2.27. The van der Waals surface area contributed by atoms with Gasteiger partial charge in [-0.2, -0.15) is 0 Å². The minimum Gasteiger partial charge on any atom is -0.409 e. The van der Waals surface area contributed by atoms with Gasteiger partial charge in [-0.05, 0) is 31.0 Å². The van der Waals surface area contributed by atoms with E-state index >= 15 is 0 Å². The zero-order chi connectivity index (χ0) is 14.7. The number of nitrogens with zero attached hydrogens (tertiary/aromatic N) is 2. The molecule has 1 unspecified atom stereocenters. The van der Waals surface area contributed by atoms with Crippen LogP contribution in [0.1, 0.15) is 23.2 Å². The molecular weight excluding hydrogens is 285 g/mol. The molecule has 108 valence electrons. The zero-order valence-corrected chi connectivity index (χ0v) is 11.5. The van der Waals surface area contributed by atoms with Crippen LogP contribution in [0, 0.1) is 11.7 Å². The SMILES string of the molecule is N/C(=N/O)C1CCCN(C(=O)c2ccc(F)c(Cl)c2)C1. The van der Waals surface area contributed by atoms with Crippen molar-refractivity contribution in [3.63, 3.8) is 0 Å². The quantitative estimate of drug-likeness (QED) is 0.380. The smallest absolute Gasteiger partial charge is 0.253 e. The Hall–Kier alpha value is -1.82. The lowest BCUT2D eigenvalue weighted by atomic mass is 9.96. The molecule has 0 aliphatic carbocycles. The molecule has 3 N–H and O–H groups in total. The first-order valence-electron chi connectivity index (χ1n) is 6.24. The maximum absolute atomic E-state index is 13.1. The average molecular weight is 300 g/mol. The van der Waals surface area contributed by atoms with Crippen LogP contribution in [-0.4, -0.2) is 34.9 Å². The minimum atomic E-state index is -0.559. The normalized spacial score (nSPS) is 20.0. The molecule has 0 radical (unpaired) electrons. The van der Waals surface area contributed by atoms with Gasteiger partial charge in [-0.25, -0.2) is 4.39 Å². The van der Waals surface area contributed by atoms with Crippen molar-refractivity contribution >= 4 is 23.3 Å². The van der Waals surface area contributed by atoms with E-state index in [9.17, 15) is 9.18 Å². The number of carbonyl (C=O) groups excluding carboxylic acids is 1. The molecule has 1 aliphatic rings. The monoisotopic (exact) mass is 299 g/mol. The molecule has 1 saturated heterocycles. The molecule has 0 aromatic heterocycles. The van der Waals surface area contributed by atoms with Crippen LogP contribution in [0.15, 0.2) is 23.4 Å². The van der Waals surface area contributed by atoms with Gasteiger partial charge in [0.05, 0.1) is 5.02 Å². The molecule has 1 aromatic carbocycles. The van der Waals surface area contributed by atoms with Crippen molar-refractivity contribution in [2.45, 2.75) is 12.8 Å². The summed E-state index contributed by atoms with van der Waals surface area (Å²) in [6.45, 7) is 0.965. The summed E-state index contributed by atoms with van der Waals surface area (Å²) in [5.74, 6) is -0.827. The second-order valence-electron chi connectivity index (χ2n) is 4.74. The van der Waals surface area contributed by atoms with E-state index in [1.165, 1.54) is 18.2 Å². The van der Waals surface area contributed by atoms with Gasteiger partial charge < -0.3 is 15.8 Å². The predicted octanol–water partition coefficient (Wildman–Crippen LogP) is 2.08. The van der Waals surface area contributed by atoms with Gasteiger partial charge in [0.2, 0.25) is 0 Å². The maximum Gasteiger partial charge on any atom is 0.253 e. The number of carbonyl (C=O) groups is 1. The number of amidine groups is 1. The first-order valence-corrected chi connectivity index (χ1v) is 6.62. The van der Waals surface area contributed by atoms with Crippen molar-refractivity contribution in [1.82, 2.24) is 4.90 Å². The Morgan fingerprint density at radius 2 is 2.30 bits per heavy atom. The maximum atomic E-state index is 13.1. The first kappa shape index (κ1) is 14.6. The Balaban J connectivity index is 2.14. The lowest BCUT2D eigenvalue weighted by Crippen LogP contribution is -2.44. The molecule has 1 atom stereocenters. The van der Waals surface area contributed by atoms with Crippen LogP contribution in [0.3, 0.4) is 0 Å². The second kappa shape index (κ2) is 6.09. The van der Waals surface area contributed by atoms with Crippen molar-refractivity contribution in [2.75, 3.05) is 13.1 Å². The molecule has 1 aromatic rings. The van der Waals surface area contributed by atoms with Crippen LogP contribution in [0.25, 0.3) is 0 Å². The third kappa shape index (κ3) is 3.01. The van der Waals surface area contributed by atoms with Crippen molar-refractivity contribution < 1.29 is 14.4 Å². The van der Waals surface area contributed by atoms with E-state index in [1.54, 1.807) is 4.90 Å². The average Bonchev–Trinajstić information content (AvgIpc) is 2.48. The van der Waals surface area contributed by atoms with Crippen molar-refractivity contribution in [2.24, 2.45) is 16.8 Å². The van der Waals surface area contributed by atoms with Crippen LogP contribution in [0.2, 0.25) is 5.02 Å². The lowest BCUT2D eigenvalue weighted by molar-refractivity contribution is 0.0701. The number of halogens is 2. The van der Waals surface area contributed by atoms with Gasteiger partial charge in [-0.15, -0.1) is 0 Å². The molecule has 0 bridgehead atoms. The van der Waals surface area contributed by atoms with Crippen LogP contribution >= 0.6 is 11.6 Å². The summed E-state index contributed by atoms with van der Waals surface area (Å²) in [6, 6.07) is 3.88. The van der Waals surface area contributed by atoms with Crippen molar-refractivity contribution in [3.05, 3.63) is 34.6 Å². The van der Waals surface area contributed by atoms with Crippen LogP contribution in [-0.2, 0) is 0 Å². The predicted molar refractivity (Wildman–Crippen MR) is 73.4 cm³/mol. The number of likely N-dealkylation sites (tertiary alicyclic amines) is 1. The van der Waals surface area contributed by atoms with E-state index in [-0.39, 0.29) is 22.7 Å². The summed E-state index contributed by atoms with van der Waals surface area (Å²) < 4.78 is 13.1.